The molecule has 1 rings (SSSR count). The largest absolute Gasteiger partial charge is 0.385 e. The van der Waals surface area contributed by atoms with E-state index in [1.807, 2.05) is 0 Å². The molecule has 0 aliphatic rings. The fourth-order valence-corrected chi connectivity index (χ4v) is 3.47. The second-order valence-corrected chi connectivity index (χ2v) is 8.92. The van der Waals surface area contributed by atoms with Crippen LogP contribution in [0.15, 0.2) is 24.3 Å². The maximum Gasteiger partial charge on any atom is 0.229 e. The highest BCUT2D eigenvalue weighted by Gasteiger charge is 2.45. The number of rotatable bonds is 4. The number of alkyl halides is 2. The average molecular weight is 346 g/mol. The second kappa shape index (κ2) is 5.22. The average Bonchev–Trinajstić information content (AvgIpc) is 2.28. The third kappa shape index (κ3) is 2.99. The second-order valence-electron chi connectivity index (χ2n) is 3.42. The predicted octanol–water partition coefficient (Wildman–Crippen LogP) is 2.58. The summed E-state index contributed by atoms with van der Waals surface area (Å²) in [7, 11) is -3.72. The lowest BCUT2D eigenvalue weighted by molar-refractivity contribution is 0.185. The number of aliphatic hydroxyl groups excluding tert-OH is 1. The van der Waals surface area contributed by atoms with Gasteiger partial charge in [-0.15, -0.1) is 0 Å². The van der Waals surface area contributed by atoms with Gasteiger partial charge in [-0.1, -0.05) is 30.7 Å². The number of hydrogen-bond acceptors (Lipinski definition) is 3. The molecule has 0 aliphatic heterocycles. The number of hydrogen-bond donors (Lipinski definition) is 1. The van der Waals surface area contributed by atoms with Crippen molar-refractivity contribution in [3.05, 3.63) is 35.6 Å². The predicted molar refractivity (Wildman–Crippen MR) is 68.3 cm³/mol. The summed E-state index contributed by atoms with van der Waals surface area (Å²) in [6.45, 7) is 1.42. The third-order valence-corrected chi connectivity index (χ3v) is 6.94. The first-order valence-corrected chi connectivity index (χ1v) is 7.58. The van der Waals surface area contributed by atoms with Crippen molar-refractivity contribution >= 4 is 37.4 Å². The number of halogens is 3. The van der Waals surface area contributed by atoms with Crippen LogP contribution >= 0.6 is 27.5 Å². The van der Waals surface area contributed by atoms with Crippen LogP contribution in [0.5, 0.6) is 0 Å². The van der Waals surface area contributed by atoms with Crippen LogP contribution < -0.4 is 0 Å². The van der Waals surface area contributed by atoms with E-state index in [0.717, 1.165) is 12.1 Å². The molecule has 0 saturated heterocycles. The first-order valence-electron chi connectivity index (χ1n) is 4.76. The van der Waals surface area contributed by atoms with Crippen LogP contribution in [0.4, 0.5) is 4.39 Å². The summed E-state index contributed by atoms with van der Waals surface area (Å²) in [6.07, 6.45) is -1.49. The molecule has 1 N–H and O–H groups in total. The summed E-state index contributed by atoms with van der Waals surface area (Å²) < 4.78 is 34.1. The Labute approximate surface area is 113 Å². The lowest BCUT2D eigenvalue weighted by Crippen LogP contribution is -2.34. The van der Waals surface area contributed by atoms with Crippen molar-refractivity contribution in [2.45, 2.75) is 16.1 Å². The van der Waals surface area contributed by atoms with Gasteiger partial charge in [-0.2, -0.15) is 0 Å². The van der Waals surface area contributed by atoms with E-state index in [4.69, 9.17) is 11.6 Å². The van der Waals surface area contributed by atoms with Crippen molar-refractivity contribution < 1.29 is 17.9 Å². The zero-order valence-corrected chi connectivity index (χ0v) is 12.1. The van der Waals surface area contributed by atoms with Gasteiger partial charge in [0.05, 0.1) is 5.75 Å². The normalized spacial score (nSPS) is 17.5. The molecule has 1 aromatic carbocycles. The van der Waals surface area contributed by atoms with Crippen molar-refractivity contribution in [1.29, 1.82) is 0 Å². The van der Waals surface area contributed by atoms with Gasteiger partial charge in [0.2, 0.25) is 3.12 Å². The Morgan fingerprint density at radius 1 is 1.47 bits per heavy atom. The van der Waals surface area contributed by atoms with Gasteiger partial charge in [0.15, 0.2) is 9.84 Å². The fourth-order valence-electron chi connectivity index (χ4n) is 1.20. The van der Waals surface area contributed by atoms with E-state index in [1.165, 1.54) is 19.1 Å². The van der Waals surface area contributed by atoms with Crippen LogP contribution in [-0.4, -0.2) is 22.4 Å². The minimum absolute atomic E-state index is 0.218. The summed E-state index contributed by atoms with van der Waals surface area (Å²) in [4.78, 5) is 0. The van der Waals surface area contributed by atoms with Gasteiger partial charge in [0.1, 0.15) is 11.9 Å². The molecule has 0 amide bonds. The van der Waals surface area contributed by atoms with Gasteiger partial charge in [0.25, 0.3) is 0 Å². The zero-order valence-electron chi connectivity index (χ0n) is 8.90. The molecule has 96 valence electrons. The van der Waals surface area contributed by atoms with Gasteiger partial charge in [-0.25, -0.2) is 12.8 Å². The molecule has 0 fully saturated rings. The summed E-state index contributed by atoms with van der Waals surface area (Å²) in [6, 6.07) is 4.81. The van der Waals surface area contributed by atoms with Gasteiger partial charge in [-0.3, -0.25) is 0 Å². The molecule has 0 heterocycles. The molecule has 17 heavy (non-hydrogen) atoms. The molecule has 1 aromatic rings. The molecular formula is C10H11BrClFO3S. The lowest BCUT2D eigenvalue weighted by atomic mass is 10.1. The molecule has 0 spiro atoms. The van der Waals surface area contributed by atoms with E-state index in [2.05, 4.69) is 15.9 Å². The van der Waals surface area contributed by atoms with Crippen LogP contribution in [0.25, 0.3) is 0 Å². The van der Waals surface area contributed by atoms with Gasteiger partial charge in [-0.05, 0) is 33.6 Å². The molecule has 0 radical (unpaired) electrons. The molecule has 0 aromatic heterocycles. The smallest absolute Gasteiger partial charge is 0.229 e. The van der Waals surface area contributed by atoms with Gasteiger partial charge in [0, 0.05) is 0 Å². The SMILES string of the molecule is CCS(=O)(=O)[C@@](Cl)(Br)[C@H](O)c1ccc(F)cc1. The Hall–Kier alpha value is -0.170. The summed E-state index contributed by atoms with van der Waals surface area (Å²) >= 11 is 8.66. The quantitative estimate of drug-likeness (QED) is 0.853. The molecule has 0 unspecified atom stereocenters. The minimum atomic E-state index is -3.72. The maximum absolute atomic E-state index is 12.7. The molecule has 0 bridgehead atoms. The molecule has 2 atom stereocenters. The Kier molecular flexibility index (Phi) is 4.57. The summed E-state index contributed by atoms with van der Waals surface area (Å²) in [5, 5.41) is 9.93. The van der Waals surface area contributed by atoms with Crippen molar-refractivity contribution in [1.82, 2.24) is 0 Å². The van der Waals surface area contributed by atoms with Crippen molar-refractivity contribution in [3.8, 4) is 0 Å². The highest BCUT2D eigenvalue weighted by molar-refractivity contribution is 9.12. The summed E-state index contributed by atoms with van der Waals surface area (Å²) in [5.74, 6) is -0.700. The van der Waals surface area contributed by atoms with Crippen LogP contribution in [0.1, 0.15) is 18.6 Å². The number of benzene rings is 1. The number of sulfone groups is 1. The van der Waals surface area contributed by atoms with Crippen molar-refractivity contribution in [3.63, 3.8) is 0 Å². The third-order valence-electron chi connectivity index (χ3n) is 2.30. The minimum Gasteiger partial charge on any atom is -0.385 e. The molecule has 0 saturated carbocycles. The van der Waals surface area contributed by atoms with Gasteiger partial charge < -0.3 is 5.11 Å². The molecule has 3 nitrogen and oxygen atoms in total. The standard InChI is InChI=1S/C10H11BrClFO3S/c1-2-17(15,16)10(11,12)9(14)7-3-5-8(13)6-4-7/h3-6,9,14H,2H2,1H3/t9-,10-/m1/s1. The Bertz CT molecular complexity index is 487. The molecular weight excluding hydrogens is 335 g/mol. The van der Waals surface area contributed by atoms with Crippen molar-refractivity contribution in [2.24, 2.45) is 0 Å². The number of aliphatic hydroxyl groups is 1. The monoisotopic (exact) mass is 344 g/mol. The highest BCUT2D eigenvalue weighted by atomic mass is 79.9. The van der Waals surface area contributed by atoms with E-state index in [1.54, 1.807) is 0 Å². The summed E-state index contributed by atoms with van der Waals surface area (Å²) in [5.41, 5.74) is 0.218. The van der Waals surface area contributed by atoms with Crippen LogP contribution in [0.2, 0.25) is 0 Å². The van der Waals surface area contributed by atoms with Crippen molar-refractivity contribution in [2.75, 3.05) is 5.75 Å². The molecule has 0 aliphatic carbocycles. The van der Waals surface area contributed by atoms with Gasteiger partial charge >= 0.3 is 0 Å². The topological polar surface area (TPSA) is 54.4 Å². The van der Waals surface area contributed by atoms with Crippen LogP contribution in [0, 0.1) is 5.82 Å². The lowest BCUT2D eigenvalue weighted by Gasteiger charge is -2.25. The zero-order chi connectivity index (χ0) is 13.3. The first-order chi connectivity index (χ1) is 7.72. The van der Waals surface area contributed by atoms with Crippen LogP contribution in [-0.2, 0) is 9.84 Å². The van der Waals surface area contributed by atoms with E-state index < -0.39 is 24.9 Å². The van der Waals surface area contributed by atoms with E-state index in [9.17, 15) is 17.9 Å². The fraction of sp³-hybridized carbons (Fsp3) is 0.400. The van der Waals surface area contributed by atoms with E-state index in [-0.39, 0.29) is 11.3 Å². The highest BCUT2D eigenvalue weighted by Crippen LogP contribution is 2.42. The van der Waals surface area contributed by atoms with E-state index in [0.29, 0.717) is 0 Å². The van der Waals surface area contributed by atoms with E-state index >= 15 is 0 Å². The first kappa shape index (κ1) is 14.9. The maximum atomic E-state index is 12.7. The Morgan fingerprint density at radius 3 is 2.35 bits per heavy atom. The molecule has 7 heteroatoms. The Balaban J connectivity index is 3.12. The Morgan fingerprint density at radius 2 is 1.94 bits per heavy atom. The van der Waals surface area contributed by atoms with Crippen LogP contribution in [0.3, 0.4) is 0 Å².